The number of fused-ring (bicyclic) bond motifs is 6. The van der Waals surface area contributed by atoms with Crippen molar-refractivity contribution >= 4 is 35.0 Å². The van der Waals surface area contributed by atoms with Gasteiger partial charge in [0.15, 0.2) is 0 Å². The predicted octanol–water partition coefficient (Wildman–Crippen LogP) is 9.84. The van der Waals surface area contributed by atoms with Crippen molar-refractivity contribution in [1.82, 2.24) is 40.4 Å². The lowest BCUT2D eigenvalue weighted by Gasteiger charge is -2.45. The fraction of sp³-hybridized carbons (Fsp3) is 0.519. The first-order chi connectivity index (χ1) is 32.7. The molecule has 2 saturated heterocycles. The van der Waals surface area contributed by atoms with Crippen LogP contribution >= 0.6 is 0 Å². The molecule has 0 spiro atoms. The zero-order valence-corrected chi connectivity index (χ0v) is 40.6. The summed E-state index contributed by atoms with van der Waals surface area (Å²) in [4.78, 5) is 74.2. The van der Waals surface area contributed by atoms with Crippen LogP contribution in [0.5, 0.6) is 0 Å². The Balaban J connectivity index is 0.911. The maximum atomic E-state index is 14.3. The van der Waals surface area contributed by atoms with E-state index >= 15 is 0 Å². The molecular formula is C54H66N8O6. The summed E-state index contributed by atoms with van der Waals surface area (Å²) in [6.45, 7) is 12.0. The Morgan fingerprint density at radius 3 is 2.00 bits per heavy atom. The van der Waals surface area contributed by atoms with Gasteiger partial charge in [0.05, 0.1) is 49.2 Å². The number of imidazole rings is 2. The lowest BCUT2D eigenvalue weighted by Crippen LogP contribution is -2.56. The third-order valence-corrected chi connectivity index (χ3v) is 16.3. The highest BCUT2D eigenvalue weighted by Crippen LogP contribution is 2.56. The van der Waals surface area contributed by atoms with Crippen LogP contribution in [0.4, 0.5) is 9.59 Å². The standard InChI is InChI=1S/C54H66N8O6/c1-27(2)45(59-53(65)67-7)51(63)61-30(6)10-9-29(5)47(61)50-56-41-22-17-34(25-42(41)57-50)37-20-21-38(44-39-19-16-33(39)24-40(37)44)31-11-13-32(14-12-31)43-26-55-49(58-43)48-35-15-18-36(23-35)62(48)52(64)46(28(3)4)60-54(66)68-8/h11-14,17,20-22,25-30,33,35-36,39,45-48H,9-10,15-16,18-19,23-24H2,1-8H3,(H,55,58)(H,56,57)(H,59,65)(H,60,66)/t29-,30+,33?,35+,36-,39?,45+,46+,47+,48+/m1/s1. The van der Waals surface area contributed by atoms with Crippen molar-refractivity contribution in [3.8, 4) is 33.5 Å². The Bertz CT molecular complexity index is 2740. The molecule has 5 aliphatic rings. The molecule has 5 aromatic rings. The van der Waals surface area contributed by atoms with Gasteiger partial charge < -0.3 is 39.9 Å². The number of ether oxygens (including phenoxy) is 2. The number of rotatable bonds is 11. The molecule has 2 aromatic heterocycles. The fourth-order valence-electron chi connectivity index (χ4n) is 12.6. The number of aromatic amines is 2. The molecule has 2 unspecified atom stereocenters. The summed E-state index contributed by atoms with van der Waals surface area (Å²) in [6, 6.07) is 18.2. The number of piperidine rings is 2. The molecule has 4 heterocycles. The molecule has 3 aliphatic carbocycles. The van der Waals surface area contributed by atoms with Crippen LogP contribution in [0.1, 0.15) is 127 Å². The molecule has 2 aliphatic heterocycles. The minimum Gasteiger partial charge on any atom is -0.453 e. The van der Waals surface area contributed by atoms with Gasteiger partial charge in [0.25, 0.3) is 0 Å². The summed E-state index contributed by atoms with van der Waals surface area (Å²) < 4.78 is 9.76. The first-order valence-corrected chi connectivity index (χ1v) is 24.9. The van der Waals surface area contributed by atoms with Gasteiger partial charge in [0.1, 0.15) is 23.7 Å². The number of carbonyl (C=O) groups excluding carboxylic acids is 4. The number of benzene rings is 3. The van der Waals surface area contributed by atoms with E-state index in [4.69, 9.17) is 19.4 Å². The summed E-state index contributed by atoms with van der Waals surface area (Å²) in [6.07, 6.45) is 8.96. The molecule has 4 amide bonds. The minimum absolute atomic E-state index is 0.0243. The second kappa shape index (κ2) is 18.0. The second-order valence-corrected chi connectivity index (χ2v) is 21.0. The van der Waals surface area contributed by atoms with E-state index in [9.17, 15) is 19.2 Å². The highest BCUT2D eigenvalue weighted by molar-refractivity contribution is 5.89. The van der Waals surface area contributed by atoms with Gasteiger partial charge in [-0.1, -0.05) is 77.1 Å². The highest BCUT2D eigenvalue weighted by Gasteiger charge is 2.52. The number of nitrogens with one attached hydrogen (secondary N) is 4. The molecule has 14 heteroatoms. The van der Waals surface area contributed by atoms with Crippen molar-refractivity contribution in [2.75, 3.05) is 14.2 Å². The quantitative estimate of drug-likeness (QED) is 0.101. The van der Waals surface area contributed by atoms with Gasteiger partial charge >= 0.3 is 12.2 Å². The Morgan fingerprint density at radius 1 is 0.691 bits per heavy atom. The Hall–Kier alpha value is -6.18. The molecule has 2 bridgehead atoms. The molecule has 3 aromatic carbocycles. The van der Waals surface area contributed by atoms with E-state index in [1.54, 1.807) is 0 Å². The third-order valence-electron chi connectivity index (χ3n) is 16.3. The number of methoxy groups -OCH3 is 2. The van der Waals surface area contributed by atoms with E-state index in [-0.39, 0.29) is 53.7 Å². The van der Waals surface area contributed by atoms with Crippen molar-refractivity contribution < 1.29 is 28.7 Å². The van der Waals surface area contributed by atoms with Crippen molar-refractivity contribution in [2.24, 2.45) is 29.6 Å². The van der Waals surface area contributed by atoms with Crippen molar-refractivity contribution in [1.29, 1.82) is 0 Å². The van der Waals surface area contributed by atoms with E-state index in [0.717, 1.165) is 78.0 Å². The Labute approximate surface area is 398 Å². The molecule has 2 saturated carbocycles. The van der Waals surface area contributed by atoms with Crippen LogP contribution in [0.3, 0.4) is 0 Å². The van der Waals surface area contributed by atoms with Crippen LogP contribution in [0, 0.1) is 29.6 Å². The maximum absolute atomic E-state index is 14.3. The monoisotopic (exact) mass is 923 g/mol. The zero-order chi connectivity index (χ0) is 47.7. The number of nitrogens with zero attached hydrogens (tertiary/aromatic N) is 4. The molecule has 68 heavy (non-hydrogen) atoms. The number of aromatic nitrogens is 4. The summed E-state index contributed by atoms with van der Waals surface area (Å²) in [5.74, 6) is 2.81. The lowest BCUT2D eigenvalue weighted by atomic mass is 9.73. The van der Waals surface area contributed by atoms with E-state index in [0.29, 0.717) is 17.8 Å². The van der Waals surface area contributed by atoms with Crippen molar-refractivity contribution in [3.05, 3.63) is 83.6 Å². The molecule has 4 N–H and O–H groups in total. The average Bonchev–Trinajstić information content (AvgIpc) is 4.18. The van der Waals surface area contributed by atoms with E-state index < -0.39 is 24.3 Å². The summed E-state index contributed by atoms with van der Waals surface area (Å²) in [5, 5.41) is 5.58. The average molecular weight is 923 g/mol. The zero-order valence-electron chi connectivity index (χ0n) is 40.6. The van der Waals surface area contributed by atoms with Gasteiger partial charge in [-0.05, 0) is 145 Å². The first kappa shape index (κ1) is 45.6. The van der Waals surface area contributed by atoms with Crippen molar-refractivity contribution in [3.63, 3.8) is 0 Å². The second-order valence-electron chi connectivity index (χ2n) is 21.0. The summed E-state index contributed by atoms with van der Waals surface area (Å²) in [7, 11) is 2.64. The van der Waals surface area contributed by atoms with Gasteiger partial charge in [-0.2, -0.15) is 0 Å². The van der Waals surface area contributed by atoms with Gasteiger partial charge in [-0.3, -0.25) is 9.59 Å². The van der Waals surface area contributed by atoms with Gasteiger partial charge in [-0.25, -0.2) is 19.6 Å². The maximum Gasteiger partial charge on any atom is 0.407 e. The predicted molar refractivity (Wildman–Crippen MR) is 260 cm³/mol. The van der Waals surface area contributed by atoms with Gasteiger partial charge in [0, 0.05) is 12.1 Å². The van der Waals surface area contributed by atoms with Crippen LogP contribution in [-0.2, 0) is 25.5 Å². The molecule has 10 rings (SSSR count). The van der Waals surface area contributed by atoms with Crippen LogP contribution in [0.2, 0.25) is 0 Å². The molecule has 14 nitrogen and oxygen atoms in total. The number of likely N-dealkylation sites (tertiary alicyclic amines) is 2. The molecule has 358 valence electrons. The molecule has 10 atom stereocenters. The number of H-pyrrole nitrogens is 2. The van der Waals surface area contributed by atoms with Gasteiger partial charge in [0.2, 0.25) is 11.8 Å². The smallest absolute Gasteiger partial charge is 0.407 e. The number of hydrogen-bond donors (Lipinski definition) is 4. The largest absolute Gasteiger partial charge is 0.453 e. The summed E-state index contributed by atoms with van der Waals surface area (Å²) in [5.41, 5.74) is 11.6. The van der Waals surface area contributed by atoms with Crippen LogP contribution in [0.15, 0.2) is 60.8 Å². The topological polar surface area (TPSA) is 175 Å². The number of carbonyl (C=O) groups is 4. The van der Waals surface area contributed by atoms with Gasteiger partial charge in [-0.15, -0.1) is 0 Å². The first-order valence-electron chi connectivity index (χ1n) is 24.9. The lowest BCUT2D eigenvalue weighted by molar-refractivity contribution is -0.143. The Kier molecular flexibility index (Phi) is 12.1. The van der Waals surface area contributed by atoms with Crippen LogP contribution in [0.25, 0.3) is 44.5 Å². The van der Waals surface area contributed by atoms with E-state index in [1.165, 1.54) is 54.9 Å². The molecule has 4 fully saturated rings. The van der Waals surface area contributed by atoms with Crippen LogP contribution in [-0.4, -0.2) is 92.1 Å². The number of hydrogen-bond acceptors (Lipinski definition) is 8. The fourth-order valence-corrected chi connectivity index (χ4v) is 12.6. The molecular weight excluding hydrogens is 857 g/mol. The van der Waals surface area contributed by atoms with Crippen LogP contribution < -0.4 is 10.6 Å². The SMILES string of the molecule is COC(=O)N[C@H](C(=O)N1[C@@H]2CC[C@@H](C2)[C@H]1c1ncc(-c2ccc(-c3ccc(-c4ccc5nc([C@@H]6[C@H](C)CC[C@H](C)N6C(=O)[C@@H](NC(=O)OC)C(C)C)[nH]c5c4)c4c3C3CCC3C4)cc2)[nH]1)C(C)C. The summed E-state index contributed by atoms with van der Waals surface area (Å²) >= 11 is 0. The minimum atomic E-state index is -0.719. The van der Waals surface area contributed by atoms with Crippen molar-refractivity contribution in [2.45, 2.75) is 135 Å². The Morgan fingerprint density at radius 2 is 1.34 bits per heavy atom. The molecule has 0 radical (unpaired) electrons. The van der Waals surface area contributed by atoms with E-state index in [2.05, 4.69) is 89.0 Å². The third kappa shape index (κ3) is 7.90. The van der Waals surface area contributed by atoms with E-state index in [1.807, 2.05) is 43.7 Å². The number of alkyl carbamates (subject to hydrolysis) is 2. The highest BCUT2D eigenvalue weighted by atomic mass is 16.5. The normalized spacial score (nSPS) is 25.8. The number of amides is 4.